The molecule has 0 amide bonds. The lowest BCUT2D eigenvalue weighted by molar-refractivity contribution is -0.141. The first kappa shape index (κ1) is 8.72. The number of aliphatic hydroxyl groups is 1. The third kappa shape index (κ3) is 1.32. The van der Waals surface area contributed by atoms with Gasteiger partial charge in [0.15, 0.2) is 0 Å². The number of aldehydes is 1. The minimum atomic E-state index is -0.700. The largest absolute Gasteiger partial charge is 0.390 e. The molecule has 64 valence electrons. The van der Waals surface area contributed by atoms with Crippen LogP contribution in [0.1, 0.15) is 33.6 Å². The smallest absolute Gasteiger partial charge is 0.126 e. The second-order valence-electron chi connectivity index (χ2n) is 4.37. The van der Waals surface area contributed by atoms with Gasteiger partial charge in [0.05, 0.1) is 5.60 Å². The quantitative estimate of drug-likeness (QED) is 0.613. The van der Waals surface area contributed by atoms with Crippen molar-refractivity contribution >= 4 is 6.29 Å². The maximum atomic E-state index is 10.7. The predicted molar refractivity (Wildman–Crippen MR) is 43.2 cm³/mol. The van der Waals surface area contributed by atoms with Gasteiger partial charge in [-0.2, -0.15) is 0 Å². The van der Waals surface area contributed by atoms with E-state index in [9.17, 15) is 9.90 Å². The van der Waals surface area contributed by atoms with Gasteiger partial charge < -0.3 is 9.90 Å². The summed E-state index contributed by atoms with van der Waals surface area (Å²) < 4.78 is 0. The van der Waals surface area contributed by atoms with Crippen LogP contribution in [0, 0.1) is 11.3 Å². The van der Waals surface area contributed by atoms with Crippen molar-refractivity contribution in [2.75, 3.05) is 0 Å². The summed E-state index contributed by atoms with van der Waals surface area (Å²) in [5.74, 6) is 0.146. The number of rotatable bonds is 2. The van der Waals surface area contributed by atoms with E-state index in [4.69, 9.17) is 0 Å². The molecule has 0 unspecified atom stereocenters. The van der Waals surface area contributed by atoms with Crippen LogP contribution in [-0.4, -0.2) is 17.0 Å². The summed E-state index contributed by atoms with van der Waals surface area (Å²) in [4.78, 5) is 10.7. The van der Waals surface area contributed by atoms with Gasteiger partial charge in [-0.1, -0.05) is 6.92 Å². The highest BCUT2D eigenvalue weighted by Crippen LogP contribution is 2.49. The molecule has 0 aromatic carbocycles. The molecule has 1 fully saturated rings. The fourth-order valence-corrected chi connectivity index (χ4v) is 2.05. The Hall–Kier alpha value is -0.370. The zero-order chi connectivity index (χ0) is 8.70. The fraction of sp³-hybridized carbons (Fsp3) is 0.889. The first-order valence-corrected chi connectivity index (χ1v) is 4.09. The molecule has 1 N–H and O–H groups in total. The summed E-state index contributed by atoms with van der Waals surface area (Å²) in [6.07, 6.45) is 2.88. The second-order valence-corrected chi connectivity index (χ2v) is 4.37. The first-order chi connectivity index (χ1) is 4.90. The third-order valence-electron chi connectivity index (χ3n) is 2.89. The second kappa shape index (κ2) is 2.31. The van der Waals surface area contributed by atoms with E-state index in [1.165, 1.54) is 0 Å². The van der Waals surface area contributed by atoms with Crippen molar-refractivity contribution in [3.05, 3.63) is 0 Å². The van der Waals surface area contributed by atoms with E-state index in [1.54, 1.807) is 13.8 Å². The van der Waals surface area contributed by atoms with Crippen molar-refractivity contribution in [3.63, 3.8) is 0 Å². The average Bonchev–Trinajstić information content (AvgIpc) is 1.80. The topological polar surface area (TPSA) is 37.3 Å². The number of carbonyl (C=O) groups is 1. The summed E-state index contributed by atoms with van der Waals surface area (Å²) in [5, 5.41) is 9.65. The Morgan fingerprint density at radius 3 is 2.27 bits per heavy atom. The molecule has 2 heteroatoms. The van der Waals surface area contributed by atoms with Crippen molar-refractivity contribution in [3.8, 4) is 0 Å². The van der Waals surface area contributed by atoms with Crippen LogP contribution < -0.4 is 0 Å². The number of hydrogen-bond donors (Lipinski definition) is 1. The molecule has 0 saturated heterocycles. The summed E-state index contributed by atoms with van der Waals surface area (Å²) >= 11 is 0. The minimum absolute atomic E-state index is 0.146. The minimum Gasteiger partial charge on any atom is -0.390 e. The molecule has 1 aliphatic rings. The lowest BCUT2D eigenvalue weighted by Gasteiger charge is -2.49. The Morgan fingerprint density at radius 2 is 2.18 bits per heavy atom. The predicted octanol–water partition coefficient (Wildman–Crippen LogP) is 1.37. The van der Waals surface area contributed by atoms with Crippen LogP contribution in [0.5, 0.6) is 0 Å². The fourth-order valence-electron chi connectivity index (χ4n) is 2.05. The Bertz CT molecular complexity index is 169. The van der Waals surface area contributed by atoms with E-state index >= 15 is 0 Å². The molecule has 0 spiro atoms. The monoisotopic (exact) mass is 156 g/mol. The van der Waals surface area contributed by atoms with Crippen LogP contribution in [-0.2, 0) is 4.79 Å². The first-order valence-electron chi connectivity index (χ1n) is 4.09. The summed E-state index contributed by atoms with van der Waals surface area (Å²) in [6.45, 7) is 5.48. The highest BCUT2D eigenvalue weighted by molar-refractivity contribution is 5.61. The standard InChI is InChI=1S/C9H16O2/c1-8(2,11)7-4-5-9(7,3)6-10/h6-7,11H,4-5H2,1-3H3/t7-,9-/m0/s1. The van der Waals surface area contributed by atoms with Crippen LogP contribution in [0.4, 0.5) is 0 Å². The van der Waals surface area contributed by atoms with E-state index in [0.717, 1.165) is 19.1 Å². The Kier molecular flexibility index (Phi) is 1.83. The zero-order valence-corrected chi connectivity index (χ0v) is 7.42. The normalized spacial score (nSPS) is 38.0. The molecule has 2 nitrogen and oxygen atoms in total. The molecule has 11 heavy (non-hydrogen) atoms. The highest BCUT2D eigenvalue weighted by Gasteiger charge is 2.49. The van der Waals surface area contributed by atoms with Gasteiger partial charge >= 0.3 is 0 Å². The van der Waals surface area contributed by atoms with Crippen molar-refractivity contribution in [1.82, 2.24) is 0 Å². The Balaban J connectivity index is 2.70. The lowest BCUT2D eigenvalue weighted by atomic mass is 9.57. The van der Waals surface area contributed by atoms with E-state index in [1.807, 2.05) is 6.92 Å². The molecule has 0 aromatic heterocycles. The third-order valence-corrected chi connectivity index (χ3v) is 2.89. The summed E-state index contributed by atoms with van der Waals surface area (Å²) in [5.41, 5.74) is -0.966. The van der Waals surface area contributed by atoms with Crippen molar-refractivity contribution in [1.29, 1.82) is 0 Å². The SMILES string of the molecule is CC(C)(O)[C@@H]1CC[C@@]1(C)C=O. The molecule has 0 bridgehead atoms. The van der Waals surface area contributed by atoms with Crippen molar-refractivity contribution in [2.24, 2.45) is 11.3 Å². The summed E-state index contributed by atoms with van der Waals surface area (Å²) in [6, 6.07) is 0. The van der Waals surface area contributed by atoms with Gasteiger partial charge in [0.25, 0.3) is 0 Å². The molecular formula is C9H16O2. The lowest BCUT2D eigenvalue weighted by Crippen LogP contribution is -2.50. The van der Waals surface area contributed by atoms with Crippen LogP contribution in [0.15, 0.2) is 0 Å². The molecule has 0 heterocycles. The molecule has 1 saturated carbocycles. The Morgan fingerprint density at radius 1 is 1.64 bits per heavy atom. The van der Waals surface area contributed by atoms with Gasteiger partial charge in [-0.3, -0.25) is 0 Å². The van der Waals surface area contributed by atoms with Crippen LogP contribution in [0.3, 0.4) is 0 Å². The molecular weight excluding hydrogens is 140 g/mol. The molecule has 0 radical (unpaired) electrons. The van der Waals surface area contributed by atoms with Gasteiger partial charge in [0.2, 0.25) is 0 Å². The van der Waals surface area contributed by atoms with Gasteiger partial charge in [0, 0.05) is 5.41 Å². The van der Waals surface area contributed by atoms with Crippen molar-refractivity contribution < 1.29 is 9.90 Å². The maximum Gasteiger partial charge on any atom is 0.126 e. The van der Waals surface area contributed by atoms with E-state index in [-0.39, 0.29) is 11.3 Å². The maximum absolute atomic E-state index is 10.7. The van der Waals surface area contributed by atoms with Gasteiger partial charge in [-0.25, -0.2) is 0 Å². The zero-order valence-electron chi connectivity index (χ0n) is 7.42. The molecule has 0 aromatic rings. The number of hydrogen-bond acceptors (Lipinski definition) is 2. The highest BCUT2D eigenvalue weighted by atomic mass is 16.3. The van der Waals surface area contributed by atoms with Gasteiger partial charge in [0.1, 0.15) is 6.29 Å². The van der Waals surface area contributed by atoms with Crippen molar-refractivity contribution in [2.45, 2.75) is 39.2 Å². The molecule has 1 rings (SSSR count). The van der Waals surface area contributed by atoms with Crippen LogP contribution >= 0.6 is 0 Å². The van der Waals surface area contributed by atoms with E-state index in [2.05, 4.69) is 0 Å². The van der Waals surface area contributed by atoms with Crippen LogP contribution in [0.2, 0.25) is 0 Å². The summed E-state index contributed by atoms with van der Waals surface area (Å²) in [7, 11) is 0. The Labute approximate surface area is 67.6 Å². The van der Waals surface area contributed by atoms with E-state index in [0.29, 0.717) is 0 Å². The molecule has 1 aliphatic carbocycles. The number of carbonyl (C=O) groups excluding carboxylic acids is 1. The van der Waals surface area contributed by atoms with Gasteiger partial charge in [-0.05, 0) is 32.6 Å². The van der Waals surface area contributed by atoms with Gasteiger partial charge in [-0.15, -0.1) is 0 Å². The molecule has 2 atom stereocenters. The molecule has 0 aliphatic heterocycles. The average molecular weight is 156 g/mol. The van der Waals surface area contributed by atoms with E-state index < -0.39 is 5.60 Å². The van der Waals surface area contributed by atoms with Crippen LogP contribution in [0.25, 0.3) is 0 Å².